The topological polar surface area (TPSA) is 46.1 Å². The van der Waals surface area contributed by atoms with Crippen molar-refractivity contribution in [3.63, 3.8) is 0 Å². The first-order chi connectivity index (χ1) is 16.5. The molecule has 0 fully saturated rings. The molecule has 0 spiro atoms. The third-order valence-electron chi connectivity index (χ3n) is 5.22. The van der Waals surface area contributed by atoms with E-state index < -0.39 is 0 Å². The molecule has 1 aliphatic carbocycles. The van der Waals surface area contributed by atoms with Gasteiger partial charge in [0, 0.05) is 0 Å². The minimum atomic E-state index is 0. The Morgan fingerprint density at radius 2 is 1.43 bits per heavy atom. The molecule has 0 aromatic heterocycles. The maximum atomic E-state index is 8.93. The standard InChI is InChI=1S/C16H13.C9H13.2C2H5O.C2H6Si.Zr/c1-12-10-14-8-5-9-15(16(14)11-12)13-6-3-2-4-7-13;1-6-5-7(2)9(4)8(6)3;2*1-2-3;1-3-2;/h2-11H,1H3;6H,1-4H3;2*2H2,1H3;1-2H3;/q4*-1;;+2. The molecule has 4 rings (SSSR count). The van der Waals surface area contributed by atoms with Gasteiger partial charge in [-0.3, -0.25) is 6.08 Å². The van der Waals surface area contributed by atoms with Crippen LogP contribution in [0.3, 0.4) is 0 Å². The predicted octanol–water partition coefficient (Wildman–Crippen LogP) is 6.77. The first-order valence-corrected chi connectivity index (χ1v) is 18.4. The summed E-state index contributed by atoms with van der Waals surface area (Å²) in [7, 11) is 0. The molecule has 0 saturated heterocycles. The molecule has 2 nitrogen and oxygen atoms in total. The molecule has 35 heavy (non-hydrogen) atoms. The Hall–Kier alpha value is -1.45. The van der Waals surface area contributed by atoms with Crippen molar-refractivity contribution in [2.45, 2.75) is 61.6 Å². The normalized spacial score (nSPS) is 13.7. The summed E-state index contributed by atoms with van der Waals surface area (Å²) < 4.78 is 0. The van der Waals surface area contributed by atoms with E-state index in [4.69, 9.17) is 10.2 Å². The number of benzene rings is 2. The second kappa shape index (κ2) is 18.8. The Bertz CT molecular complexity index is 1070. The summed E-state index contributed by atoms with van der Waals surface area (Å²) in [4.78, 5) is 0. The Balaban J connectivity index is 0.000000515. The van der Waals surface area contributed by atoms with E-state index in [1.807, 2.05) is 0 Å². The third kappa shape index (κ3) is 12.9. The van der Waals surface area contributed by atoms with Gasteiger partial charge in [0.25, 0.3) is 0 Å². The molecule has 1 atom stereocenters. The van der Waals surface area contributed by atoms with Gasteiger partial charge in [0.2, 0.25) is 0 Å². The number of aryl methyl sites for hydroxylation is 1. The van der Waals surface area contributed by atoms with E-state index >= 15 is 0 Å². The molecule has 0 bridgehead atoms. The molecule has 0 amide bonds. The minimum Gasteiger partial charge on any atom is -0.165 e. The van der Waals surface area contributed by atoms with Crippen LogP contribution in [0.1, 0.15) is 47.1 Å². The average Bonchev–Trinajstić information content (AvgIpc) is 3.29. The number of hydrogen-bond donors (Lipinski definition) is 0. The van der Waals surface area contributed by atoms with Gasteiger partial charge in [-0.05, 0) is 5.56 Å². The zero-order valence-corrected chi connectivity index (χ0v) is 26.5. The molecular formula is C31H42O2SiZr-2. The maximum Gasteiger partial charge on any atom is -0.0279 e. The summed E-state index contributed by atoms with van der Waals surface area (Å²) in [5, 5.41) is 20.5. The molecule has 0 N–H and O–H groups in total. The third-order valence-corrected chi connectivity index (χ3v) is 5.22. The first kappa shape index (κ1) is 33.5. The SMILES string of the molecule is CC1=[C-]C(C)C(C)=C1C.CC[O-].CC[O-].C[Si](C)=[Zr+2].Cc1cc2c(-c3ccccc3)cccc2[cH-]1. The van der Waals surface area contributed by atoms with Crippen molar-refractivity contribution in [2.24, 2.45) is 5.92 Å². The molecule has 3 aromatic rings. The van der Waals surface area contributed by atoms with E-state index in [1.54, 1.807) is 37.2 Å². The summed E-state index contributed by atoms with van der Waals surface area (Å²) in [5.74, 6) is 0.560. The molecule has 0 aliphatic heterocycles. The van der Waals surface area contributed by atoms with Gasteiger partial charge in [-0.1, -0.05) is 89.4 Å². The van der Waals surface area contributed by atoms with Crippen LogP contribution in [-0.4, -0.2) is 18.6 Å². The van der Waals surface area contributed by atoms with Crippen molar-refractivity contribution in [3.05, 3.63) is 89.0 Å². The van der Waals surface area contributed by atoms with Gasteiger partial charge in [0.1, 0.15) is 0 Å². The zero-order chi connectivity index (χ0) is 27.0. The van der Waals surface area contributed by atoms with Crippen LogP contribution in [0, 0.1) is 18.9 Å². The second-order valence-corrected chi connectivity index (χ2v) is 18.0. The Kier molecular flexibility index (Phi) is 18.0. The fraction of sp³-hybridized carbons (Fsp3) is 0.387. The zero-order valence-electron chi connectivity index (χ0n) is 23.1. The van der Waals surface area contributed by atoms with Crippen molar-refractivity contribution in [3.8, 4) is 11.1 Å². The van der Waals surface area contributed by atoms with Crippen LogP contribution < -0.4 is 10.2 Å². The monoisotopic (exact) mass is 564 g/mol. The quantitative estimate of drug-likeness (QED) is 0.241. The van der Waals surface area contributed by atoms with Gasteiger partial charge in [-0.2, -0.15) is 17.2 Å². The van der Waals surface area contributed by atoms with Gasteiger partial charge < -0.3 is 10.2 Å². The van der Waals surface area contributed by atoms with E-state index in [0.29, 0.717) is 5.92 Å². The first-order valence-electron chi connectivity index (χ1n) is 12.2. The second-order valence-electron chi connectivity index (χ2n) is 8.58. The van der Waals surface area contributed by atoms with Crippen molar-refractivity contribution in [1.82, 2.24) is 0 Å². The molecule has 3 aromatic carbocycles. The van der Waals surface area contributed by atoms with Crippen molar-refractivity contribution in [2.75, 3.05) is 13.2 Å². The van der Waals surface area contributed by atoms with E-state index in [1.165, 1.54) is 44.2 Å². The number of hydrogen-bond acceptors (Lipinski definition) is 2. The van der Waals surface area contributed by atoms with E-state index in [2.05, 4.69) is 114 Å². The number of rotatable bonds is 1. The maximum absolute atomic E-state index is 8.93. The molecule has 0 heterocycles. The predicted molar refractivity (Wildman–Crippen MR) is 148 cm³/mol. The van der Waals surface area contributed by atoms with E-state index in [-0.39, 0.29) is 18.6 Å². The molecule has 188 valence electrons. The molecule has 0 saturated carbocycles. The van der Waals surface area contributed by atoms with Gasteiger partial charge in [0.05, 0.1) is 0 Å². The number of allylic oxidation sites excluding steroid dienone is 4. The fourth-order valence-corrected chi connectivity index (χ4v) is 3.42. The van der Waals surface area contributed by atoms with Crippen LogP contribution in [0.4, 0.5) is 0 Å². The van der Waals surface area contributed by atoms with Crippen LogP contribution in [0.15, 0.2) is 77.4 Å². The molecular weight excluding hydrogens is 524 g/mol. The van der Waals surface area contributed by atoms with Gasteiger partial charge >= 0.3 is 41.9 Å². The number of fused-ring (bicyclic) bond motifs is 1. The minimum absolute atomic E-state index is 0. The molecule has 1 unspecified atom stereocenters. The molecule has 0 radical (unpaired) electrons. The Morgan fingerprint density at radius 3 is 1.83 bits per heavy atom. The van der Waals surface area contributed by atoms with Crippen molar-refractivity contribution >= 4 is 16.2 Å². The van der Waals surface area contributed by atoms with Crippen LogP contribution >= 0.6 is 0 Å². The smallest absolute Gasteiger partial charge is 0.0279 e. The summed E-state index contributed by atoms with van der Waals surface area (Å²) in [5.41, 5.74) is 8.40. The van der Waals surface area contributed by atoms with Crippen molar-refractivity contribution < 1.29 is 33.5 Å². The van der Waals surface area contributed by atoms with E-state index in [0.717, 1.165) is 0 Å². The summed E-state index contributed by atoms with van der Waals surface area (Å²) in [6.07, 6.45) is 3.36. The summed E-state index contributed by atoms with van der Waals surface area (Å²) >= 11 is 1.74. The largest absolute Gasteiger partial charge is 0.165 e. The van der Waals surface area contributed by atoms with Crippen molar-refractivity contribution in [1.29, 1.82) is 0 Å². The van der Waals surface area contributed by atoms with Gasteiger partial charge in [-0.25, -0.2) is 5.57 Å². The average molecular weight is 566 g/mol. The van der Waals surface area contributed by atoms with Crippen LogP contribution in [0.5, 0.6) is 0 Å². The summed E-state index contributed by atoms with van der Waals surface area (Å²) in [6, 6.07) is 21.6. The Labute approximate surface area is 229 Å². The fourth-order valence-electron chi connectivity index (χ4n) is 3.42. The molecule has 4 heteroatoms. The summed E-state index contributed by atoms with van der Waals surface area (Å²) in [6.45, 7) is 18.6. The van der Waals surface area contributed by atoms with E-state index in [9.17, 15) is 0 Å². The van der Waals surface area contributed by atoms with Crippen LogP contribution in [0.25, 0.3) is 21.9 Å². The van der Waals surface area contributed by atoms with Gasteiger partial charge in [0.15, 0.2) is 0 Å². The Morgan fingerprint density at radius 1 is 0.914 bits per heavy atom. The van der Waals surface area contributed by atoms with Gasteiger partial charge in [-0.15, -0.1) is 54.7 Å². The van der Waals surface area contributed by atoms with Crippen LogP contribution in [0.2, 0.25) is 13.1 Å². The molecule has 1 aliphatic rings. The van der Waals surface area contributed by atoms with Crippen LogP contribution in [-0.2, 0) is 23.3 Å².